The molecule has 0 bridgehead atoms. The summed E-state index contributed by atoms with van der Waals surface area (Å²) in [5, 5.41) is 0. The number of carbonyl (C=O) groups excluding carboxylic acids is 1. The van der Waals surface area contributed by atoms with Crippen molar-refractivity contribution in [2.45, 2.75) is 26.3 Å². The SMILES string of the molecule is COc1cccc([C@@H]2CN(Cc3ccccc3F)C[C@H]2CN(CC(C)C)C(=O)c2ccc(F)cc2)c1. The Balaban J connectivity index is 1.61. The molecular weight excluding hydrogens is 458 g/mol. The number of hydrogen-bond donors (Lipinski definition) is 0. The van der Waals surface area contributed by atoms with Gasteiger partial charge in [0.1, 0.15) is 17.4 Å². The lowest BCUT2D eigenvalue weighted by molar-refractivity contribution is 0.0703. The Morgan fingerprint density at radius 2 is 1.78 bits per heavy atom. The lowest BCUT2D eigenvalue weighted by atomic mass is 9.88. The molecule has 6 heteroatoms. The van der Waals surface area contributed by atoms with Crippen molar-refractivity contribution in [2.24, 2.45) is 11.8 Å². The first-order valence-corrected chi connectivity index (χ1v) is 12.5. The fraction of sp³-hybridized carbons (Fsp3) is 0.367. The van der Waals surface area contributed by atoms with E-state index in [1.54, 1.807) is 25.3 Å². The smallest absolute Gasteiger partial charge is 0.253 e. The second-order valence-electron chi connectivity index (χ2n) is 10.0. The quantitative estimate of drug-likeness (QED) is 0.368. The molecule has 0 unspecified atom stereocenters. The van der Waals surface area contributed by atoms with Gasteiger partial charge in [0.05, 0.1) is 7.11 Å². The summed E-state index contributed by atoms with van der Waals surface area (Å²) >= 11 is 0. The number of halogens is 2. The average Bonchev–Trinajstić information content (AvgIpc) is 3.27. The first kappa shape index (κ1) is 25.8. The van der Waals surface area contributed by atoms with E-state index < -0.39 is 0 Å². The maximum atomic E-state index is 14.4. The summed E-state index contributed by atoms with van der Waals surface area (Å²) < 4.78 is 33.4. The van der Waals surface area contributed by atoms with Crippen LogP contribution < -0.4 is 4.74 Å². The standard InChI is InChI=1S/C30H34F2N2O2/c1-21(2)16-34(30(35)22-11-13-26(31)14-12-22)19-25-18-33(17-24-7-4-5-10-29(24)32)20-28(25)23-8-6-9-27(15-23)36-3/h4-15,21,25,28H,16-20H2,1-3H3/t25-,28-/m0/s1. The zero-order chi connectivity index (χ0) is 25.7. The number of likely N-dealkylation sites (tertiary alicyclic amines) is 1. The van der Waals surface area contributed by atoms with Crippen LogP contribution in [0.25, 0.3) is 0 Å². The monoisotopic (exact) mass is 492 g/mol. The highest BCUT2D eigenvalue weighted by Crippen LogP contribution is 2.36. The zero-order valence-corrected chi connectivity index (χ0v) is 21.2. The molecule has 1 heterocycles. The Morgan fingerprint density at radius 3 is 2.47 bits per heavy atom. The van der Waals surface area contributed by atoms with E-state index in [9.17, 15) is 13.6 Å². The number of hydrogen-bond acceptors (Lipinski definition) is 3. The molecule has 0 aromatic heterocycles. The molecule has 1 amide bonds. The van der Waals surface area contributed by atoms with Crippen molar-refractivity contribution in [3.05, 3.63) is 101 Å². The van der Waals surface area contributed by atoms with Gasteiger partial charge in [-0.15, -0.1) is 0 Å². The first-order chi connectivity index (χ1) is 17.3. The van der Waals surface area contributed by atoms with E-state index in [0.717, 1.165) is 24.4 Å². The largest absolute Gasteiger partial charge is 0.497 e. The predicted molar refractivity (Wildman–Crippen MR) is 138 cm³/mol. The Kier molecular flexibility index (Phi) is 8.36. The summed E-state index contributed by atoms with van der Waals surface area (Å²) in [6.45, 7) is 7.34. The van der Waals surface area contributed by atoms with Crippen LogP contribution in [0.4, 0.5) is 8.78 Å². The second kappa shape index (κ2) is 11.7. The summed E-state index contributed by atoms with van der Waals surface area (Å²) in [6, 6.07) is 20.7. The summed E-state index contributed by atoms with van der Waals surface area (Å²) in [4.78, 5) is 17.6. The van der Waals surface area contributed by atoms with Gasteiger partial charge in [0.25, 0.3) is 5.91 Å². The van der Waals surface area contributed by atoms with Gasteiger partial charge in [-0.2, -0.15) is 0 Å². The number of methoxy groups -OCH3 is 1. The molecule has 190 valence electrons. The third-order valence-corrected chi connectivity index (χ3v) is 6.81. The number of nitrogens with zero attached hydrogens (tertiary/aromatic N) is 2. The molecule has 1 saturated heterocycles. The molecule has 1 fully saturated rings. The molecular formula is C30H34F2N2O2. The van der Waals surface area contributed by atoms with Crippen LogP contribution in [0.1, 0.15) is 41.3 Å². The molecule has 4 nitrogen and oxygen atoms in total. The van der Waals surface area contributed by atoms with Crippen molar-refractivity contribution >= 4 is 5.91 Å². The molecule has 4 rings (SSSR count). The molecule has 3 aromatic carbocycles. The molecule has 1 aliphatic heterocycles. The molecule has 0 saturated carbocycles. The lowest BCUT2D eigenvalue weighted by Gasteiger charge is -2.30. The summed E-state index contributed by atoms with van der Waals surface area (Å²) in [5.74, 6) is 0.711. The van der Waals surface area contributed by atoms with E-state index in [2.05, 4.69) is 30.9 Å². The van der Waals surface area contributed by atoms with Crippen LogP contribution in [0.3, 0.4) is 0 Å². The Hall–Kier alpha value is -3.25. The van der Waals surface area contributed by atoms with E-state index in [4.69, 9.17) is 4.74 Å². The average molecular weight is 493 g/mol. The van der Waals surface area contributed by atoms with Crippen molar-refractivity contribution in [1.82, 2.24) is 9.80 Å². The minimum absolute atomic E-state index is 0.0966. The van der Waals surface area contributed by atoms with Crippen LogP contribution in [0.2, 0.25) is 0 Å². The van der Waals surface area contributed by atoms with Gasteiger partial charge in [0.15, 0.2) is 0 Å². The maximum Gasteiger partial charge on any atom is 0.253 e. The summed E-state index contributed by atoms with van der Waals surface area (Å²) in [7, 11) is 1.65. The van der Waals surface area contributed by atoms with E-state index in [-0.39, 0.29) is 35.3 Å². The minimum Gasteiger partial charge on any atom is -0.497 e. The normalized spacial score (nSPS) is 17.9. The van der Waals surface area contributed by atoms with Gasteiger partial charge in [-0.1, -0.05) is 44.2 Å². The molecule has 36 heavy (non-hydrogen) atoms. The van der Waals surface area contributed by atoms with Gasteiger partial charge in [-0.25, -0.2) is 8.78 Å². The first-order valence-electron chi connectivity index (χ1n) is 12.5. The molecule has 1 aliphatic rings. The fourth-order valence-corrected chi connectivity index (χ4v) is 5.13. The fourth-order valence-electron chi connectivity index (χ4n) is 5.13. The Bertz CT molecular complexity index is 1170. The van der Waals surface area contributed by atoms with Crippen LogP contribution in [-0.4, -0.2) is 49.0 Å². The van der Waals surface area contributed by atoms with E-state index in [0.29, 0.717) is 30.8 Å². The van der Waals surface area contributed by atoms with Gasteiger partial charge >= 0.3 is 0 Å². The van der Waals surface area contributed by atoms with Crippen LogP contribution in [0.5, 0.6) is 5.75 Å². The number of rotatable bonds is 9. The van der Waals surface area contributed by atoms with Gasteiger partial charge < -0.3 is 9.64 Å². The van der Waals surface area contributed by atoms with Gasteiger partial charge in [0.2, 0.25) is 0 Å². The van der Waals surface area contributed by atoms with Crippen LogP contribution in [0.15, 0.2) is 72.8 Å². The summed E-state index contributed by atoms with van der Waals surface area (Å²) in [6.07, 6.45) is 0. The van der Waals surface area contributed by atoms with Crippen molar-refractivity contribution < 1.29 is 18.3 Å². The van der Waals surface area contributed by atoms with Crippen molar-refractivity contribution in [2.75, 3.05) is 33.3 Å². The van der Waals surface area contributed by atoms with Crippen LogP contribution in [0, 0.1) is 23.5 Å². The van der Waals surface area contributed by atoms with E-state index in [1.165, 1.54) is 18.2 Å². The third-order valence-electron chi connectivity index (χ3n) is 6.81. The van der Waals surface area contributed by atoms with E-state index in [1.807, 2.05) is 29.2 Å². The Morgan fingerprint density at radius 1 is 1.03 bits per heavy atom. The van der Waals surface area contributed by atoms with Gasteiger partial charge in [0, 0.05) is 49.8 Å². The highest BCUT2D eigenvalue weighted by Gasteiger charge is 2.36. The van der Waals surface area contributed by atoms with Crippen LogP contribution >= 0.6 is 0 Å². The molecule has 2 atom stereocenters. The third kappa shape index (κ3) is 6.30. The molecule has 3 aromatic rings. The molecule has 0 spiro atoms. The summed E-state index contributed by atoms with van der Waals surface area (Å²) in [5.41, 5.74) is 2.30. The number of ether oxygens (including phenoxy) is 1. The maximum absolute atomic E-state index is 14.4. The van der Waals surface area contributed by atoms with Crippen molar-refractivity contribution in [3.8, 4) is 5.75 Å². The van der Waals surface area contributed by atoms with Crippen molar-refractivity contribution in [1.29, 1.82) is 0 Å². The number of amides is 1. The minimum atomic E-state index is -0.361. The topological polar surface area (TPSA) is 32.8 Å². The molecule has 0 N–H and O–H groups in total. The highest BCUT2D eigenvalue weighted by molar-refractivity contribution is 5.94. The molecule has 0 radical (unpaired) electrons. The van der Waals surface area contributed by atoms with Gasteiger partial charge in [-0.3, -0.25) is 9.69 Å². The molecule has 0 aliphatic carbocycles. The van der Waals surface area contributed by atoms with Crippen LogP contribution in [-0.2, 0) is 6.54 Å². The van der Waals surface area contributed by atoms with E-state index >= 15 is 0 Å². The number of carbonyl (C=O) groups is 1. The Labute approximate surface area is 212 Å². The van der Waals surface area contributed by atoms with Crippen molar-refractivity contribution in [3.63, 3.8) is 0 Å². The van der Waals surface area contributed by atoms with Gasteiger partial charge in [-0.05, 0) is 59.9 Å². The highest BCUT2D eigenvalue weighted by atomic mass is 19.1. The lowest BCUT2D eigenvalue weighted by Crippen LogP contribution is -2.39. The zero-order valence-electron chi connectivity index (χ0n) is 21.2. The predicted octanol–water partition coefficient (Wildman–Crippen LogP) is 5.99. The number of benzene rings is 3. The second-order valence-corrected chi connectivity index (χ2v) is 10.0.